The number of aliphatic hydroxyl groups is 1. The number of hydrogen-bond acceptors (Lipinski definition) is 1. The minimum atomic E-state index is -0.408. The fourth-order valence-electron chi connectivity index (χ4n) is 0.663. The van der Waals surface area contributed by atoms with Crippen molar-refractivity contribution in [1.82, 2.24) is 0 Å². The van der Waals surface area contributed by atoms with Gasteiger partial charge in [-0.2, -0.15) is 0 Å². The fraction of sp³-hybridized carbons (Fsp3) is 0.455. The molecule has 12 heavy (non-hydrogen) atoms. The highest BCUT2D eigenvalue weighted by Crippen LogP contribution is 2.03. The molecule has 0 heterocycles. The van der Waals surface area contributed by atoms with Crippen molar-refractivity contribution in [3.05, 3.63) is 36.5 Å². The average molecular weight is 168 g/mol. The van der Waals surface area contributed by atoms with E-state index in [1.165, 1.54) is 0 Å². The van der Waals surface area contributed by atoms with Gasteiger partial charge in [0, 0.05) is 0 Å². The summed E-state index contributed by atoms with van der Waals surface area (Å²) in [5, 5.41) is 9.11. The van der Waals surface area contributed by atoms with Crippen LogP contribution in [0.5, 0.6) is 0 Å². The first-order valence-electron chi connectivity index (χ1n) is 4.35. The molecule has 0 aliphatic carbocycles. The molecule has 70 valence electrons. The summed E-state index contributed by atoms with van der Waals surface area (Å²) >= 11 is 0. The van der Waals surface area contributed by atoms with E-state index < -0.39 is 6.10 Å². The highest BCUT2D eigenvalue weighted by atomic mass is 16.3. The van der Waals surface area contributed by atoms with Gasteiger partial charge in [-0.1, -0.05) is 44.7 Å². The lowest BCUT2D eigenvalue weighted by atomic mass is 10.1. The molecular weight excluding hydrogens is 148 g/mol. The Hall–Kier alpha value is -0.820. The zero-order valence-corrected chi connectivity index (χ0v) is 8.54. The van der Waals surface area contributed by atoms with Crippen LogP contribution in [0.4, 0.5) is 0 Å². The number of hydrogen-bond donors (Lipinski definition) is 1. The van der Waals surface area contributed by atoms with E-state index in [2.05, 4.69) is 6.58 Å². The molecular formula is C11H20O. The highest BCUT2D eigenvalue weighted by molar-refractivity contribution is 5.25. The third kappa shape index (κ3) is 7.29. The Labute approximate surface area is 76.1 Å². The van der Waals surface area contributed by atoms with Gasteiger partial charge < -0.3 is 5.11 Å². The third-order valence-electron chi connectivity index (χ3n) is 1.15. The van der Waals surface area contributed by atoms with Gasteiger partial charge in [-0.25, -0.2) is 0 Å². The van der Waals surface area contributed by atoms with Crippen molar-refractivity contribution >= 4 is 0 Å². The lowest BCUT2D eigenvalue weighted by Gasteiger charge is -2.02. The van der Waals surface area contributed by atoms with E-state index in [1.54, 1.807) is 19.1 Å². The predicted octanol–water partition coefficient (Wildman–Crippen LogP) is 3.08. The maximum atomic E-state index is 9.11. The minimum Gasteiger partial charge on any atom is -0.389 e. The molecule has 0 fully saturated rings. The van der Waals surface area contributed by atoms with Crippen LogP contribution in [0.1, 0.15) is 27.7 Å². The summed E-state index contributed by atoms with van der Waals surface area (Å²) < 4.78 is 0. The van der Waals surface area contributed by atoms with Gasteiger partial charge >= 0.3 is 0 Å². The summed E-state index contributed by atoms with van der Waals surface area (Å²) in [7, 11) is 0. The van der Waals surface area contributed by atoms with Gasteiger partial charge in [-0.3, -0.25) is 0 Å². The molecule has 1 unspecified atom stereocenters. The van der Waals surface area contributed by atoms with Crippen molar-refractivity contribution in [1.29, 1.82) is 0 Å². The molecule has 1 nitrogen and oxygen atoms in total. The lowest BCUT2D eigenvalue weighted by Crippen LogP contribution is -2.01. The van der Waals surface area contributed by atoms with E-state index in [-0.39, 0.29) is 0 Å². The molecule has 0 aliphatic heterocycles. The fourth-order valence-corrected chi connectivity index (χ4v) is 0.663. The Balaban J connectivity index is 0. The van der Waals surface area contributed by atoms with Crippen LogP contribution in [-0.4, -0.2) is 11.2 Å². The molecule has 0 saturated heterocycles. The molecule has 0 aromatic heterocycles. The molecule has 1 atom stereocenters. The summed E-state index contributed by atoms with van der Waals surface area (Å²) in [5.74, 6) is 0. The Morgan fingerprint density at radius 1 is 1.42 bits per heavy atom. The van der Waals surface area contributed by atoms with Gasteiger partial charge in [0.2, 0.25) is 0 Å². The number of allylic oxidation sites excluding steroid dienone is 3. The zero-order chi connectivity index (χ0) is 9.98. The van der Waals surface area contributed by atoms with Crippen molar-refractivity contribution < 1.29 is 5.11 Å². The van der Waals surface area contributed by atoms with E-state index in [0.717, 1.165) is 5.57 Å². The standard InChI is InChI=1S/C9H14O.C2H6/c1-4-6-9(7-5-2)8(3)10;1-2/h4-8,10H,1H2,2-3H3;1-2H3/b7-5-,9-6+;. The van der Waals surface area contributed by atoms with Crippen molar-refractivity contribution in [2.45, 2.75) is 33.8 Å². The molecule has 0 aromatic carbocycles. The molecule has 0 bridgehead atoms. The van der Waals surface area contributed by atoms with Gasteiger partial charge in [0.1, 0.15) is 0 Å². The largest absolute Gasteiger partial charge is 0.389 e. The Bertz CT molecular complexity index is 152. The minimum absolute atomic E-state index is 0.408. The quantitative estimate of drug-likeness (QED) is 0.642. The summed E-state index contributed by atoms with van der Waals surface area (Å²) in [4.78, 5) is 0. The van der Waals surface area contributed by atoms with Gasteiger partial charge in [-0.05, 0) is 19.4 Å². The molecule has 0 saturated carbocycles. The van der Waals surface area contributed by atoms with Crippen LogP contribution in [0.3, 0.4) is 0 Å². The second kappa shape index (κ2) is 10.2. The summed E-state index contributed by atoms with van der Waals surface area (Å²) in [5.41, 5.74) is 0.887. The number of aliphatic hydroxyl groups excluding tert-OH is 1. The smallest absolute Gasteiger partial charge is 0.0761 e. The third-order valence-corrected chi connectivity index (χ3v) is 1.15. The van der Waals surface area contributed by atoms with Crippen LogP contribution >= 0.6 is 0 Å². The molecule has 0 aromatic rings. The van der Waals surface area contributed by atoms with E-state index in [1.807, 2.05) is 32.9 Å². The molecule has 0 radical (unpaired) electrons. The van der Waals surface area contributed by atoms with Gasteiger partial charge in [0.05, 0.1) is 6.10 Å². The normalized spacial score (nSPS) is 13.6. The number of rotatable bonds is 3. The van der Waals surface area contributed by atoms with Crippen molar-refractivity contribution in [3.63, 3.8) is 0 Å². The van der Waals surface area contributed by atoms with Crippen molar-refractivity contribution in [2.24, 2.45) is 0 Å². The van der Waals surface area contributed by atoms with Crippen LogP contribution < -0.4 is 0 Å². The van der Waals surface area contributed by atoms with E-state index in [0.29, 0.717) is 0 Å². The highest BCUT2D eigenvalue weighted by Gasteiger charge is 1.96. The van der Waals surface area contributed by atoms with Crippen LogP contribution in [0.15, 0.2) is 36.5 Å². The van der Waals surface area contributed by atoms with Crippen molar-refractivity contribution in [3.8, 4) is 0 Å². The Morgan fingerprint density at radius 2 is 1.92 bits per heavy atom. The first-order valence-corrected chi connectivity index (χ1v) is 4.35. The first-order chi connectivity index (χ1) is 5.72. The average Bonchev–Trinajstić information content (AvgIpc) is 2.08. The van der Waals surface area contributed by atoms with Crippen LogP contribution in [0.25, 0.3) is 0 Å². The molecule has 0 aliphatic rings. The second-order valence-corrected chi connectivity index (χ2v) is 2.08. The van der Waals surface area contributed by atoms with E-state index in [4.69, 9.17) is 5.11 Å². The SMILES string of the molecule is C=C/C=C(\C=C/C)C(C)O.CC. The Morgan fingerprint density at radius 3 is 2.17 bits per heavy atom. The molecule has 1 N–H and O–H groups in total. The predicted molar refractivity (Wildman–Crippen MR) is 56.1 cm³/mol. The molecule has 0 rings (SSSR count). The molecule has 1 heteroatoms. The zero-order valence-electron chi connectivity index (χ0n) is 8.54. The molecule has 0 amide bonds. The van der Waals surface area contributed by atoms with Gasteiger partial charge in [-0.15, -0.1) is 0 Å². The monoisotopic (exact) mass is 168 g/mol. The van der Waals surface area contributed by atoms with Crippen LogP contribution in [0, 0.1) is 0 Å². The van der Waals surface area contributed by atoms with Crippen LogP contribution in [0.2, 0.25) is 0 Å². The van der Waals surface area contributed by atoms with Gasteiger partial charge in [0.15, 0.2) is 0 Å². The Kier molecular flexibility index (Phi) is 11.7. The summed E-state index contributed by atoms with van der Waals surface area (Å²) in [6.45, 7) is 11.2. The molecule has 0 spiro atoms. The van der Waals surface area contributed by atoms with Crippen molar-refractivity contribution in [2.75, 3.05) is 0 Å². The first kappa shape index (κ1) is 13.7. The maximum absolute atomic E-state index is 9.11. The topological polar surface area (TPSA) is 20.2 Å². The summed E-state index contributed by atoms with van der Waals surface area (Å²) in [6.07, 6.45) is 6.82. The summed E-state index contributed by atoms with van der Waals surface area (Å²) in [6, 6.07) is 0. The lowest BCUT2D eigenvalue weighted by molar-refractivity contribution is 0.235. The second-order valence-electron chi connectivity index (χ2n) is 2.08. The van der Waals surface area contributed by atoms with E-state index in [9.17, 15) is 0 Å². The van der Waals surface area contributed by atoms with Crippen LogP contribution in [-0.2, 0) is 0 Å². The van der Waals surface area contributed by atoms with E-state index >= 15 is 0 Å². The van der Waals surface area contributed by atoms with Gasteiger partial charge in [0.25, 0.3) is 0 Å². The maximum Gasteiger partial charge on any atom is 0.0761 e.